The van der Waals surface area contributed by atoms with E-state index in [4.69, 9.17) is 15.2 Å². The van der Waals surface area contributed by atoms with Crippen LogP contribution >= 0.6 is 0 Å². The molecule has 1 aromatic rings. The molecule has 1 heterocycles. The van der Waals surface area contributed by atoms with Gasteiger partial charge in [0.2, 0.25) is 0 Å². The Morgan fingerprint density at radius 3 is 2.88 bits per heavy atom. The van der Waals surface area contributed by atoms with Crippen molar-refractivity contribution >= 4 is 5.69 Å². The number of likely N-dealkylation sites (tertiary alicyclic amines) is 1. The van der Waals surface area contributed by atoms with E-state index in [2.05, 4.69) is 11.9 Å². The molecule has 2 rings (SSSR count). The fourth-order valence-corrected chi connectivity index (χ4v) is 2.18. The first-order chi connectivity index (χ1) is 8.19. The second kappa shape index (κ2) is 5.27. The van der Waals surface area contributed by atoms with Gasteiger partial charge in [-0.05, 0) is 38.6 Å². The number of piperidine rings is 1. The van der Waals surface area contributed by atoms with Crippen molar-refractivity contribution in [3.05, 3.63) is 18.2 Å². The molecule has 1 aromatic carbocycles. The maximum atomic E-state index is 5.98. The molecule has 0 amide bonds. The third kappa shape index (κ3) is 3.03. The smallest absolute Gasteiger partial charge is 0.162 e. The zero-order valence-electron chi connectivity index (χ0n) is 10.5. The largest absolute Gasteiger partial charge is 0.493 e. The number of nitrogen functional groups attached to an aromatic ring is 1. The lowest BCUT2D eigenvalue weighted by Crippen LogP contribution is -2.38. The summed E-state index contributed by atoms with van der Waals surface area (Å²) in [7, 11) is 3.75. The Morgan fingerprint density at radius 1 is 1.35 bits per heavy atom. The van der Waals surface area contributed by atoms with Crippen LogP contribution in [-0.2, 0) is 0 Å². The number of methoxy groups -OCH3 is 1. The van der Waals surface area contributed by atoms with Crippen molar-refractivity contribution in [1.82, 2.24) is 4.90 Å². The molecule has 1 fully saturated rings. The van der Waals surface area contributed by atoms with Crippen LogP contribution in [0.15, 0.2) is 18.2 Å². The number of hydrogen-bond donors (Lipinski definition) is 1. The minimum Gasteiger partial charge on any atom is -0.493 e. The molecule has 1 aliphatic rings. The number of ether oxygens (including phenoxy) is 2. The van der Waals surface area contributed by atoms with Gasteiger partial charge in [-0.1, -0.05) is 0 Å². The van der Waals surface area contributed by atoms with Gasteiger partial charge in [-0.15, -0.1) is 0 Å². The van der Waals surface area contributed by atoms with Gasteiger partial charge in [0, 0.05) is 18.3 Å². The Kier molecular flexibility index (Phi) is 3.74. The Hall–Kier alpha value is -1.42. The second-order valence-electron chi connectivity index (χ2n) is 4.55. The highest BCUT2D eigenvalue weighted by molar-refractivity contribution is 5.52. The molecule has 0 radical (unpaired) electrons. The summed E-state index contributed by atoms with van der Waals surface area (Å²) in [6.45, 7) is 2.12. The first-order valence-corrected chi connectivity index (χ1v) is 5.98. The molecular formula is C13H20N2O2. The van der Waals surface area contributed by atoms with Crippen molar-refractivity contribution < 1.29 is 9.47 Å². The van der Waals surface area contributed by atoms with Gasteiger partial charge in [-0.3, -0.25) is 0 Å². The monoisotopic (exact) mass is 236 g/mol. The van der Waals surface area contributed by atoms with Gasteiger partial charge in [0.05, 0.1) is 7.11 Å². The lowest BCUT2D eigenvalue weighted by molar-refractivity contribution is 0.101. The number of rotatable bonds is 3. The highest BCUT2D eigenvalue weighted by Crippen LogP contribution is 2.30. The van der Waals surface area contributed by atoms with Crippen molar-refractivity contribution in [1.29, 1.82) is 0 Å². The summed E-state index contributed by atoms with van der Waals surface area (Å²) in [5.41, 5.74) is 6.40. The van der Waals surface area contributed by atoms with Crippen molar-refractivity contribution in [3.8, 4) is 11.5 Å². The maximum Gasteiger partial charge on any atom is 0.162 e. The lowest BCUT2D eigenvalue weighted by atomic mass is 10.1. The highest BCUT2D eigenvalue weighted by Gasteiger charge is 2.19. The minimum absolute atomic E-state index is 0.242. The molecule has 1 unspecified atom stereocenters. The molecule has 94 valence electrons. The topological polar surface area (TPSA) is 47.7 Å². The van der Waals surface area contributed by atoms with Crippen molar-refractivity contribution in [2.24, 2.45) is 0 Å². The van der Waals surface area contributed by atoms with Crippen LogP contribution in [0.1, 0.15) is 12.8 Å². The fourth-order valence-electron chi connectivity index (χ4n) is 2.18. The summed E-state index contributed by atoms with van der Waals surface area (Å²) in [4.78, 5) is 2.29. The van der Waals surface area contributed by atoms with E-state index < -0.39 is 0 Å². The second-order valence-corrected chi connectivity index (χ2v) is 4.55. The molecular weight excluding hydrogens is 216 g/mol. The zero-order valence-corrected chi connectivity index (χ0v) is 10.5. The van der Waals surface area contributed by atoms with E-state index in [-0.39, 0.29) is 6.10 Å². The zero-order chi connectivity index (χ0) is 12.3. The van der Waals surface area contributed by atoms with E-state index >= 15 is 0 Å². The number of likely N-dealkylation sites (N-methyl/N-ethyl adjacent to an activating group) is 1. The number of nitrogens with two attached hydrogens (primary N) is 1. The molecule has 1 aliphatic heterocycles. The highest BCUT2D eigenvalue weighted by atomic mass is 16.5. The lowest BCUT2D eigenvalue weighted by Gasteiger charge is -2.30. The first kappa shape index (κ1) is 12.0. The summed E-state index contributed by atoms with van der Waals surface area (Å²) in [6.07, 6.45) is 2.52. The maximum absolute atomic E-state index is 5.98. The van der Waals surface area contributed by atoms with E-state index in [1.165, 1.54) is 6.42 Å². The summed E-state index contributed by atoms with van der Waals surface area (Å²) in [6, 6.07) is 5.51. The van der Waals surface area contributed by atoms with Crippen LogP contribution in [0.3, 0.4) is 0 Å². The van der Waals surface area contributed by atoms with Gasteiger partial charge in [0.25, 0.3) is 0 Å². The predicted molar refractivity (Wildman–Crippen MR) is 68.6 cm³/mol. The van der Waals surface area contributed by atoms with E-state index in [1.807, 2.05) is 12.1 Å². The molecule has 0 saturated carbocycles. The van der Waals surface area contributed by atoms with Crippen LogP contribution in [0.25, 0.3) is 0 Å². The molecule has 0 aromatic heterocycles. The average molecular weight is 236 g/mol. The van der Waals surface area contributed by atoms with Crippen LogP contribution in [0, 0.1) is 0 Å². The Labute approximate surface area is 102 Å². The molecule has 0 bridgehead atoms. The molecule has 17 heavy (non-hydrogen) atoms. The Balaban J connectivity index is 2.07. The van der Waals surface area contributed by atoms with Gasteiger partial charge in [0.1, 0.15) is 6.10 Å². The predicted octanol–water partition coefficient (Wildman–Crippen LogP) is 1.75. The number of nitrogens with zero attached hydrogens (tertiary/aromatic N) is 1. The summed E-state index contributed by atoms with van der Waals surface area (Å²) < 4.78 is 11.3. The van der Waals surface area contributed by atoms with Gasteiger partial charge >= 0.3 is 0 Å². The molecule has 1 saturated heterocycles. The summed E-state index contributed by atoms with van der Waals surface area (Å²) >= 11 is 0. The Morgan fingerprint density at radius 2 is 2.18 bits per heavy atom. The van der Waals surface area contributed by atoms with Crippen LogP contribution < -0.4 is 15.2 Å². The van der Waals surface area contributed by atoms with Crippen molar-refractivity contribution in [2.75, 3.05) is 33.0 Å². The van der Waals surface area contributed by atoms with Crippen molar-refractivity contribution in [3.63, 3.8) is 0 Å². The van der Waals surface area contributed by atoms with Crippen molar-refractivity contribution in [2.45, 2.75) is 18.9 Å². The van der Waals surface area contributed by atoms with Gasteiger partial charge in [0.15, 0.2) is 11.5 Å². The third-order valence-electron chi connectivity index (χ3n) is 3.06. The first-order valence-electron chi connectivity index (χ1n) is 5.98. The number of hydrogen-bond acceptors (Lipinski definition) is 4. The quantitative estimate of drug-likeness (QED) is 0.812. The SMILES string of the molecule is COc1cc(N)ccc1OC1CCCN(C)C1. The van der Waals surface area contributed by atoms with Gasteiger partial charge < -0.3 is 20.1 Å². The van der Waals surface area contributed by atoms with E-state index in [1.54, 1.807) is 13.2 Å². The molecule has 4 heteroatoms. The molecule has 1 atom stereocenters. The van der Waals surface area contributed by atoms with Gasteiger partial charge in [-0.25, -0.2) is 0 Å². The van der Waals surface area contributed by atoms with Crippen LogP contribution in [0.4, 0.5) is 5.69 Å². The molecule has 0 spiro atoms. The minimum atomic E-state index is 0.242. The van der Waals surface area contributed by atoms with E-state index in [0.717, 1.165) is 25.3 Å². The summed E-state index contributed by atoms with van der Waals surface area (Å²) in [5.74, 6) is 1.49. The third-order valence-corrected chi connectivity index (χ3v) is 3.06. The number of benzene rings is 1. The average Bonchev–Trinajstić information content (AvgIpc) is 2.31. The van der Waals surface area contributed by atoms with Crippen LogP contribution in [-0.4, -0.2) is 38.3 Å². The normalized spacial score (nSPS) is 21.2. The molecule has 2 N–H and O–H groups in total. The Bertz CT molecular complexity index is 382. The molecule has 0 aliphatic carbocycles. The summed E-state index contributed by atoms with van der Waals surface area (Å²) in [5, 5.41) is 0. The van der Waals surface area contributed by atoms with E-state index in [9.17, 15) is 0 Å². The van der Waals surface area contributed by atoms with Crippen LogP contribution in [0.5, 0.6) is 11.5 Å². The van der Waals surface area contributed by atoms with Gasteiger partial charge in [-0.2, -0.15) is 0 Å². The standard InChI is InChI=1S/C13H20N2O2/c1-15-7-3-4-11(9-15)17-12-6-5-10(14)8-13(12)16-2/h5-6,8,11H,3-4,7,9,14H2,1-2H3. The fraction of sp³-hybridized carbons (Fsp3) is 0.538. The van der Waals surface area contributed by atoms with Crippen LogP contribution in [0.2, 0.25) is 0 Å². The molecule has 4 nitrogen and oxygen atoms in total. The van der Waals surface area contributed by atoms with E-state index in [0.29, 0.717) is 11.4 Å². The number of anilines is 1.